The molecule has 7 nitrogen and oxygen atoms in total. The summed E-state index contributed by atoms with van der Waals surface area (Å²) in [5.41, 5.74) is 0.601. The summed E-state index contributed by atoms with van der Waals surface area (Å²) in [4.78, 5) is 23.0. The normalized spacial score (nSPS) is 11.1. The van der Waals surface area contributed by atoms with Crippen LogP contribution in [0.5, 0.6) is 0 Å². The molecule has 0 aliphatic heterocycles. The van der Waals surface area contributed by atoms with Gasteiger partial charge in [0.1, 0.15) is 18.2 Å². The molecule has 0 atom stereocenters. The number of carbonyl (C=O) groups is 2. The van der Waals surface area contributed by atoms with Crippen LogP contribution in [0.1, 0.15) is 5.56 Å². The summed E-state index contributed by atoms with van der Waals surface area (Å²) in [6.45, 7) is 0.236. The lowest BCUT2D eigenvalue weighted by Crippen LogP contribution is -2.32. The van der Waals surface area contributed by atoms with Crippen molar-refractivity contribution >= 4 is 27.6 Å². The zero-order valence-electron chi connectivity index (χ0n) is 14.2. The maximum absolute atomic E-state index is 13.6. The lowest BCUT2D eigenvalue weighted by atomic mass is 10.2. The number of hydrogen-bond donors (Lipinski definition) is 2. The summed E-state index contributed by atoms with van der Waals surface area (Å²) >= 11 is 0. The number of anilines is 1. The van der Waals surface area contributed by atoms with Crippen molar-refractivity contribution in [2.24, 2.45) is 0 Å². The molecular formula is C17H16F2N2O5S. The summed E-state index contributed by atoms with van der Waals surface area (Å²) in [5.74, 6) is -3.04. The monoisotopic (exact) mass is 398 g/mol. The number of ether oxygens (including phenoxy) is 1. The van der Waals surface area contributed by atoms with Crippen LogP contribution in [0, 0.1) is 18.6 Å². The Morgan fingerprint density at radius 2 is 1.74 bits per heavy atom. The number of amides is 1. The molecule has 1 amide bonds. The van der Waals surface area contributed by atoms with Crippen LogP contribution in [0.2, 0.25) is 0 Å². The highest BCUT2D eigenvalue weighted by atomic mass is 32.2. The number of rotatable bonds is 7. The zero-order chi connectivity index (χ0) is 20.0. The van der Waals surface area contributed by atoms with Gasteiger partial charge in [-0.15, -0.1) is 0 Å². The first-order valence-corrected chi connectivity index (χ1v) is 9.12. The van der Waals surface area contributed by atoms with Crippen molar-refractivity contribution in [1.82, 2.24) is 4.72 Å². The van der Waals surface area contributed by atoms with Gasteiger partial charge in [-0.05, 0) is 48.9 Å². The SMILES string of the molecule is Cc1ccc(NC(=O)COC(=O)CNS(=O)(=O)c2ccc(F)cc2)c(F)c1. The van der Waals surface area contributed by atoms with Crippen LogP contribution in [0.25, 0.3) is 0 Å². The van der Waals surface area contributed by atoms with E-state index in [0.29, 0.717) is 5.56 Å². The third-order valence-corrected chi connectivity index (χ3v) is 4.71. The molecule has 0 bridgehead atoms. The van der Waals surface area contributed by atoms with Gasteiger partial charge in [-0.3, -0.25) is 9.59 Å². The summed E-state index contributed by atoms with van der Waals surface area (Å²) in [6, 6.07) is 8.17. The number of esters is 1. The van der Waals surface area contributed by atoms with Crippen LogP contribution < -0.4 is 10.0 Å². The van der Waals surface area contributed by atoms with Crippen molar-refractivity contribution in [2.75, 3.05) is 18.5 Å². The first kappa shape index (κ1) is 20.5. The Hall–Kier alpha value is -2.85. The summed E-state index contributed by atoms with van der Waals surface area (Å²) < 4.78 is 56.9. The van der Waals surface area contributed by atoms with Gasteiger partial charge in [0.25, 0.3) is 5.91 Å². The molecule has 144 valence electrons. The van der Waals surface area contributed by atoms with Crippen molar-refractivity contribution in [3.05, 3.63) is 59.7 Å². The highest BCUT2D eigenvalue weighted by Crippen LogP contribution is 2.15. The fraction of sp³-hybridized carbons (Fsp3) is 0.176. The lowest BCUT2D eigenvalue weighted by Gasteiger charge is -2.09. The first-order valence-electron chi connectivity index (χ1n) is 7.64. The van der Waals surface area contributed by atoms with E-state index in [1.165, 1.54) is 12.1 Å². The molecule has 0 aliphatic rings. The molecule has 27 heavy (non-hydrogen) atoms. The number of carbonyl (C=O) groups excluding carboxylic acids is 2. The van der Waals surface area contributed by atoms with Gasteiger partial charge in [-0.1, -0.05) is 6.07 Å². The number of hydrogen-bond acceptors (Lipinski definition) is 5. The van der Waals surface area contributed by atoms with Crippen molar-refractivity contribution in [3.63, 3.8) is 0 Å². The number of benzene rings is 2. The van der Waals surface area contributed by atoms with Crippen molar-refractivity contribution in [3.8, 4) is 0 Å². The Morgan fingerprint density at radius 3 is 2.37 bits per heavy atom. The molecule has 2 N–H and O–H groups in total. The van der Waals surface area contributed by atoms with Gasteiger partial charge in [0.2, 0.25) is 10.0 Å². The molecular weight excluding hydrogens is 382 g/mol. The Kier molecular flexibility index (Phi) is 6.59. The predicted molar refractivity (Wildman–Crippen MR) is 92.3 cm³/mol. The number of halogens is 2. The second kappa shape index (κ2) is 8.69. The fourth-order valence-corrected chi connectivity index (χ4v) is 2.92. The molecule has 2 rings (SSSR count). The van der Waals surface area contributed by atoms with E-state index in [-0.39, 0.29) is 10.6 Å². The van der Waals surface area contributed by atoms with Gasteiger partial charge in [0, 0.05) is 0 Å². The van der Waals surface area contributed by atoms with Crippen LogP contribution in [0.4, 0.5) is 14.5 Å². The zero-order valence-corrected chi connectivity index (χ0v) is 15.0. The van der Waals surface area contributed by atoms with Crippen LogP contribution in [0.3, 0.4) is 0 Å². The van der Waals surface area contributed by atoms with Crippen LogP contribution in [-0.4, -0.2) is 33.4 Å². The molecule has 0 spiro atoms. The summed E-state index contributed by atoms with van der Waals surface area (Å²) in [7, 11) is -4.04. The van der Waals surface area contributed by atoms with Gasteiger partial charge < -0.3 is 10.1 Å². The smallest absolute Gasteiger partial charge is 0.321 e. The standard InChI is InChI=1S/C17H16F2N2O5S/c1-11-2-7-15(14(19)8-11)21-16(22)10-26-17(23)9-20-27(24,25)13-5-3-12(18)4-6-13/h2-8,20H,9-10H2,1H3,(H,21,22). The van der Waals surface area contributed by atoms with Gasteiger partial charge in [-0.25, -0.2) is 17.2 Å². The van der Waals surface area contributed by atoms with Crippen LogP contribution in [-0.2, 0) is 24.3 Å². The van der Waals surface area contributed by atoms with E-state index < -0.39 is 46.7 Å². The maximum Gasteiger partial charge on any atom is 0.321 e. The Labute approximate surface area is 154 Å². The minimum Gasteiger partial charge on any atom is -0.455 e. The largest absolute Gasteiger partial charge is 0.455 e. The van der Waals surface area contributed by atoms with E-state index >= 15 is 0 Å². The number of sulfonamides is 1. The highest BCUT2D eigenvalue weighted by molar-refractivity contribution is 7.89. The highest BCUT2D eigenvalue weighted by Gasteiger charge is 2.17. The molecule has 0 aromatic heterocycles. The molecule has 0 heterocycles. The minimum atomic E-state index is -4.04. The number of aryl methyl sites for hydroxylation is 1. The van der Waals surface area contributed by atoms with E-state index in [2.05, 4.69) is 10.1 Å². The summed E-state index contributed by atoms with van der Waals surface area (Å²) in [5, 5.41) is 2.23. The first-order chi connectivity index (χ1) is 12.7. The molecule has 0 unspecified atom stereocenters. The van der Waals surface area contributed by atoms with Crippen molar-refractivity contribution < 1.29 is 31.5 Å². The minimum absolute atomic E-state index is 0.0707. The molecule has 0 radical (unpaired) electrons. The second-order valence-electron chi connectivity index (χ2n) is 5.47. The molecule has 0 aliphatic carbocycles. The molecule has 10 heteroatoms. The molecule has 0 saturated carbocycles. The van der Waals surface area contributed by atoms with E-state index in [9.17, 15) is 26.8 Å². The second-order valence-corrected chi connectivity index (χ2v) is 7.24. The van der Waals surface area contributed by atoms with Gasteiger partial charge in [0.15, 0.2) is 6.61 Å². The topological polar surface area (TPSA) is 102 Å². The van der Waals surface area contributed by atoms with Crippen LogP contribution in [0.15, 0.2) is 47.4 Å². The predicted octanol–water partition coefficient (Wildman–Crippen LogP) is 1.73. The van der Waals surface area contributed by atoms with Crippen LogP contribution >= 0.6 is 0 Å². The molecule has 2 aromatic rings. The fourth-order valence-electron chi connectivity index (χ4n) is 1.96. The maximum atomic E-state index is 13.6. The Bertz CT molecular complexity index is 946. The Balaban J connectivity index is 1.81. The molecule has 2 aromatic carbocycles. The Morgan fingerprint density at radius 1 is 1.07 bits per heavy atom. The number of nitrogens with one attached hydrogen (secondary N) is 2. The third kappa shape index (κ3) is 6.12. The van der Waals surface area contributed by atoms with E-state index in [1.807, 2.05) is 4.72 Å². The van der Waals surface area contributed by atoms with Gasteiger partial charge in [-0.2, -0.15) is 4.72 Å². The molecule has 0 fully saturated rings. The van der Waals surface area contributed by atoms with E-state index in [1.54, 1.807) is 13.0 Å². The molecule has 0 saturated heterocycles. The van der Waals surface area contributed by atoms with Gasteiger partial charge >= 0.3 is 5.97 Å². The average molecular weight is 398 g/mol. The lowest BCUT2D eigenvalue weighted by molar-refractivity contribution is -0.146. The quantitative estimate of drug-likeness (QED) is 0.692. The van der Waals surface area contributed by atoms with E-state index in [4.69, 9.17) is 0 Å². The van der Waals surface area contributed by atoms with E-state index in [0.717, 1.165) is 24.3 Å². The van der Waals surface area contributed by atoms with Gasteiger partial charge in [0.05, 0.1) is 10.6 Å². The average Bonchev–Trinajstić information content (AvgIpc) is 2.61. The third-order valence-electron chi connectivity index (χ3n) is 3.29. The van der Waals surface area contributed by atoms with Crippen molar-refractivity contribution in [1.29, 1.82) is 0 Å². The van der Waals surface area contributed by atoms with Crippen molar-refractivity contribution in [2.45, 2.75) is 11.8 Å². The summed E-state index contributed by atoms with van der Waals surface area (Å²) in [6.07, 6.45) is 0.